The first kappa shape index (κ1) is 37.3. The average Bonchev–Trinajstić information content (AvgIpc) is 3.50. The molecule has 0 spiro atoms. The van der Waals surface area contributed by atoms with E-state index >= 15 is 0 Å². The zero-order valence-electron chi connectivity index (χ0n) is 36.0. The van der Waals surface area contributed by atoms with Gasteiger partial charge >= 0.3 is 0 Å². The summed E-state index contributed by atoms with van der Waals surface area (Å²) in [6.45, 7) is 30.9. The molecule has 2 aliphatic heterocycles. The van der Waals surface area contributed by atoms with E-state index in [2.05, 4.69) is 197 Å². The van der Waals surface area contributed by atoms with Crippen molar-refractivity contribution in [3.63, 3.8) is 0 Å². The second-order valence-electron chi connectivity index (χ2n) is 21.4. The summed E-state index contributed by atoms with van der Waals surface area (Å²) < 4.78 is 2.80. The van der Waals surface area contributed by atoms with Crippen LogP contribution < -0.4 is 25.5 Å². The topological polar surface area (TPSA) is 6.48 Å². The van der Waals surface area contributed by atoms with Gasteiger partial charge in [0, 0.05) is 43.3 Å². The number of hydrogen-bond acceptors (Lipinski definition) is 3. The lowest BCUT2D eigenvalue weighted by Crippen LogP contribution is -2.60. The van der Waals surface area contributed by atoms with E-state index in [4.69, 9.17) is 0 Å². The molecule has 9 rings (SSSR count). The van der Waals surface area contributed by atoms with E-state index in [1.807, 2.05) is 11.3 Å². The molecule has 0 saturated heterocycles. The Labute approximate surface area is 341 Å². The van der Waals surface area contributed by atoms with Gasteiger partial charge in [-0.2, -0.15) is 0 Å². The lowest BCUT2D eigenvalue weighted by atomic mass is 9.36. The SMILES string of the molecule is CC(C)(C)c1cccc(N2c3cc(C(C)(C)C)ccc3B3c4sc5ccc(C(C)(C)C)cc5c4N(c4ccc5c(c4)C(C)(C)CCC5(C)C)c4cccc2c43)c1. The molecule has 0 amide bonds. The Bertz CT molecular complexity index is 2570. The lowest BCUT2D eigenvalue weighted by Gasteiger charge is -2.45. The molecule has 0 unspecified atom stereocenters. The first-order valence-electron chi connectivity index (χ1n) is 20.9. The maximum Gasteiger partial charge on any atom is 0.264 e. The van der Waals surface area contributed by atoms with Crippen molar-refractivity contribution in [2.75, 3.05) is 9.80 Å². The van der Waals surface area contributed by atoms with Crippen molar-refractivity contribution in [1.29, 1.82) is 0 Å². The molecule has 286 valence electrons. The van der Waals surface area contributed by atoms with E-state index in [1.54, 1.807) is 0 Å². The van der Waals surface area contributed by atoms with Gasteiger partial charge in [0.1, 0.15) is 0 Å². The predicted molar refractivity (Wildman–Crippen MR) is 247 cm³/mol. The summed E-state index contributed by atoms with van der Waals surface area (Å²) in [6.07, 6.45) is 2.40. The molecule has 3 aliphatic rings. The van der Waals surface area contributed by atoms with Gasteiger partial charge in [0.05, 0.1) is 5.69 Å². The van der Waals surface area contributed by atoms with Crippen molar-refractivity contribution in [3.05, 3.63) is 125 Å². The molecule has 5 aromatic carbocycles. The van der Waals surface area contributed by atoms with Crippen LogP contribution in [0.1, 0.15) is 131 Å². The molecule has 0 N–H and O–H groups in total. The number of rotatable bonds is 2. The van der Waals surface area contributed by atoms with Gasteiger partial charge in [0.25, 0.3) is 6.71 Å². The summed E-state index contributed by atoms with van der Waals surface area (Å²) in [5.41, 5.74) is 17.9. The highest BCUT2D eigenvalue weighted by atomic mass is 32.1. The smallest absolute Gasteiger partial charge is 0.264 e. The number of anilines is 6. The Balaban J connectivity index is 1.38. The van der Waals surface area contributed by atoms with Crippen LogP contribution in [0.4, 0.5) is 34.1 Å². The third-order valence-electron chi connectivity index (χ3n) is 13.4. The Morgan fingerprint density at radius 3 is 1.79 bits per heavy atom. The van der Waals surface area contributed by atoms with E-state index in [0.29, 0.717) is 0 Å². The highest BCUT2D eigenvalue weighted by molar-refractivity contribution is 7.33. The third kappa shape index (κ3) is 5.71. The van der Waals surface area contributed by atoms with E-state index in [1.165, 1.54) is 101 Å². The summed E-state index contributed by atoms with van der Waals surface area (Å²) in [4.78, 5) is 5.24. The van der Waals surface area contributed by atoms with Crippen LogP contribution >= 0.6 is 11.3 Å². The molecule has 2 nitrogen and oxygen atoms in total. The van der Waals surface area contributed by atoms with Gasteiger partial charge in [-0.05, 0) is 133 Å². The van der Waals surface area contributed by atoms with Crippen molar-refractivity contribution < 1.29 is 0 Å². The van der Waals surface area contributed by atoms with E-state index in [-0.39, 0.29) is 33.8 Å². The summed E-state index contributed by atoms with van der Waals surface area (Å²) in [5, 5.41) is 1.36. The van der Waals surface area contributed by atoms with Crippen molar-refractivity contribution in [1.82, 2.24) is 0 Å². The Kier molecular flexibility index (Phi) is 8.08. The molecule has 0 radical (unpaired) electrons. The molecule has 1 aliphatic carbocycles. The zero-order valence-corrected chi connectivity index (χ0v) is 36.8. The summed E-state index contributed by atoms with van der Waals surface area (Å²) >= 11 is 2.00. The first-order chi connectivity index (χ1) is 26.1. The molecule has 0 bridgehead atoms. The molecule has 6 aromatic rings. The van der Waals surface area contributed by atoms with Gasteiger partial charge in [-0.3, -0.25) is 0 Å². The zero-order chi connectivity index (χ0) is 39.9. The number of thiophene rings is 1. The van der Waals surface area contributed by atoms with Crippen LogP contribution in [0.5, 0.6) is 0 Å². The number of hydrogen-bond donors (Lipinski definition) is 0. The molecular formula is C52H59BN2S. The van der Waals surface area contributed by atoms with Gasteiger partial charge in [0.15, 0.2) is 0 Å². The van der Waals surface area contributed by atoms with E-state index in [9.17, 15) is 0 Å². The van der Waals surface area contributed by atoms with Gasteiger partial charge in [-0.1, -0.05) is 132 Å². The van der Waals surface area contributed by atoms with Crippen LogP contribution in [-0.4, -0.2) is 6.71 Å². The molecule has 0 fully saturated rings. The van der Waals surface area contributed by atoms with Gasteiger partial charge in [-0.25, -0.2) is 0 Å². The quantitative estimate of drug-likeness (QED) is 0.162. The van der Waals surface area contributed by atoms with Crippen LogP contribution in [0.2, 0.25) is 0 Å². The molecule has 3 heterocycles. The highest BCUT2D eigenvalue weighted by Crippen LogP contribution is 2.52. The largest absolute Gasteiger partial charge is 0.311 e. The minimum atomic E-state index is 0.0143. The van der Waals surface area contributed by atoms with Crippen molar-refractivity contribution in [2.24, 2.45) is 0 Å². The normalized spacial score (nSPS) is 17.1. The van der Waals surface area contributed by atoms with E-state index < -0.39 is 0 Å². The van der Waals surface area contributed by atoms with Gasteiger partial charge in [0.2, 0.25) is 0 Å². The van der Waals surface area contributed by atoms with Gasteiger partial charge in [-0.15, -0.1) is 11.3 Å². The lowest BCUT2D eigenvalue weighted by molar-refractivity contribution is 0.332. The molecule has 56 heavy (non-hydrogen) atoms. The van der Waals surface area contributed by atoms with Crippen LogP contribution in [0.3, 0.4) is 0 Å². The number of benzene rings is 5. The maximum absolute atomic E-state index is 2.66. The summed E-state index contributed by atoms with van der Waals surface area (Å²) in [7, 11) is 0. The Morgan fingerprint density at radius 1 is 0.536 bits per heavy atom. The second-order valence-corrected chi connectivity index (χ2v) is 22.5. The molecular weight excluding hydrogens is 695 g/mol. The minimum Gasteiger partial charge on any atom is -0.311 e. The van der Waals surface area contributed by atoms with Crippen LogP contribution in [-0.2, 0) is 27.1 Å². The maximum atomic E-state index is 2.66. The first-order valence-corrected chi connectivity index (χ1v) is 21.7. The van der Waals surface area contributed by atoms with E-state index in [0.717, 1.165) is 0 Å². The Morgan fingerprint density at radius 2 is 1.11 bits per heavy atom. The standard InChI is InChI=1S/C52H59BN2S/c1-48(2,3)32-16-14-17-35(28-32)54-41-18-15-19-42-45(41)53(40-24-20-34(30-43(40)54)50(7,8)9)47-46(37-29-33(49(4,5)6)21-25-44(37)56-47)55(42)36-22-23-38-39(31-36)52(12,13)27-26-51(38,10)11/h14-25,28-31H,26-27H2,1-13H3. The van der Waals surface area contributed by atoms with Crippen LogP contribution in [0.15, 0.2) is 97.1 Å². The van der Waals surface area contributed by atoms with Crippen molar-refractivity contribution >= 4 is 78.0 Å². The average molecular weight is 755 g/mol. The second kappa shape index (κ2) is 12.1. The fourth-order valence-electron chi connectivity index (χ4n) is 9.72. The molecule has 0 atom stereocenters. The molecule has 4 heteroatoms. The van der Waals surface area contributed by atoms with Crippen molar-refractivity contribution in [2.45, 2.75) is 130 Å². The molecule has 1 aromatic heterocycles. The van der Waals surface area contributed by atoms with Gasteiger partial charge < -0.3 is 9.80 Å². The highest BCUT2D eigenvalue weighted by Gasteiger charge is 2.46. The van der Waals surface area contributed by atoms with Crippen LogP contribution in [0.25, 0.3) is 10.1 Å². The number of fused-ring (bicyclic) bond motifs is 7. The predicted octanol–water partition coefficient (Wildman–Crippen LogP) is 13.2. The third-order valence-corrected chi connectivity index (χ3v) is 14.6. The van der Waals surface area contributed by atoms with Crippen molar-refractivity contribution in [3.8, 4) is 0 Å². The summed E-state index contributed by atoms with van der Waals surface area (Å²) in [5.74, 6) is 0. The fourth-order valence-corrected chi connectivity index (χ4v) is 11.0. The summed E-state index contributed by atoms with van der Waals surface area (Å²) in [6, 6.07) is 38.5. The number of nitrogens with zero attached hydrogens (tertiary/aromatic N) is 2. The Hall–Kier alpha value is -4.28. The monoisotopic (exact) mass is 754 g/mol. The fraction of sp³-hybridized carbons (Fsp3) is 0.385. The molecule has 0 saturated carbocycles. The minimum absolute atomic E-state index is 0.0143. The van der Waals surface area contributed by atoms with Crippen LogP contribution in [0, 0.1) is 0 Å².